The average Bonchev–Trinajstić information content (AvgIpc) is 3.49. The smallest absolute Gasteiger partial charge is 0.232 e. The summed E-state index contributed by atoms with van der Waals surface area (Å²) >= 11 is 0. The van der Waals surface area contributed by atoms with E-state index in [4.69, 9.17) is 4.98 Å². The zero-order valence-corrected chi connectivity index (χ0v) is 18.7. The molecule has 1 N–H and O–H groups in total. The summed E-state index contributed by atoms with van der Waals surface area (Å²) in [7, 11) is 0. The highest BCUT2D eigenvalue weighted by Gasteiger charge is 2.34. The third kappa shape index (κ3) is 3.76. The highest BCUT2D eigenvalue weighted by atomic mass is 19.1. The molecule has 4 aromatic heterocycles. The fourth-order valence-corrected chi connectivity index (χ4v) is 4.14. The van der Waals surface area contributed by atoms with Crippen LogP contribution in [0.25, 0.3) is 22.7 Å². The number of hydrogen-bond donors (Lipinski definition) is 1. The van der Waals surface area contributed by atoms with Crippen LogP contribution in [0.5, 0.6) is 0 Å². The lowest BCUT2D eigenvalue weighted by atomic mass is 9.99. The molecule has 0 spiro atoms. The Morgan fingerprint density at radius 1 is 1.09 bits per heavy atom. The molecule has 1 fully saturated rings. The summed E-state index contributed by atoms with van der Waals surface area (Å²) in [6.45, 7) is 2.99. The molecule has 1 saturated heterocycles. The van der Waals surface area contributed by atoms with Crippen LogP contribution in [0, 0.1) is 18.7 Å². The Morgan fingerprint density at radius 2 is 1.89 bits per heavy atom. The van der Waals surface area contributed by atoms with Crippen molar-refractivity contribution in [2.75, 3.05) is 23.3 Å². The van der Waals surface area contributed by atoms with Gasteiger partial charge in [-0.15, -0.1) is 0 Å². The van der Waals surface area contributed by atoms with Crippen LogP contribution in [0.3, 0.4) is 0 Å². The van der Waals surface area contributed by atoms with Gasteiger partial charge >= 0.3 is 0 Å². The number of aromatic nitrogens is 7. The first-order valence-corrected chi connectivity index (χ1v) is 11.0. The average molecular weight is 469 g/mol. The van der Waals surface area contributed by atoms with Gasteiger partial charge in [0, 0.05) is 30.9 Å². The fourth-order valence-electron chi connectivity index (χ4n) is 4.14. The summed E-state index contributed by atoms with van der Waals surface area (Å²) in [5.74, 6) is 1.21. The lowest BCUT2D eigenvalue weighted by Gasteiger charge is -2.39. The van der Waals surface area contributed by atoms with Crippen molar-refractivity contribution in [2.24, 2.45) is 5.92 Å². The van der Waals surface area contributed by atoms with Crippen molar-refractivity contribution in [3.8, 4) is 17.1 Å². The molecule has 1 amide bonds. The monoisotopic (exact) mass is 469 g/mol. The summed E-state index contributed by atoms with van der Waals surface area (Å²) in [4.78, 5) is 32.4. The highest BCUT2D eigenvalue weighted by molar-refractivity contribution is 5.97. The Kier molecular flexibility index (Phi) is 4.94. The van der Waals surface area contributed by atoms with Crippen LogP contribution in [0.15, 0.2) is 67.6 Å². The number of rotatable bonds is 5. The van der Waals surface area contributed by atoms with Crippen LogP contribution in [0.2, 0.25) is 0 Å². The Bertz CT molecular complexity index is 1520. The predicted molar refractivity (Wildman–Crippen MR) is 127 cm³/mol. The zero-order valence-electron chi connectivity index (χ0n) is 18.7. The minimum atomic E-state index is -0.328. The molecule has 1 aliphatic heterocycles. The van der Waals surface area contributed by atoms with Crippen molar-refractivity contribution in [1.82, 2.24) is 34.1 Å². The lowest BCUT2D eigenvalue weighted by Crippen LogP contribution is -2.52. The molecule has 0 radical (unpaired) electrons. The van der Waals surface area contributed by atoms with Gasteiger partial charge in [-0.05, 0) is 42.8 Å². The molecule has 10 nitrogen and oxygen atoms in total. The first-order chi connectivity index (χ1) is 17.1. The van der Waals surface area contributed by atoms with E-state index in [1.807, 2.05) is 40.6 Å². The number of halogens is 1. The number of nitrogens with zero attached hydrogens (tertiary/aromatic N) is 8. The van der Waals surface area contributed by atoms with Crippen molar-refractivity contribution in [1.29, 1.82) is 0 Å². The van der Waals surface area contributed by atoms with E-state index >= 15 is 0 Å². The Hall–Kier alpha value is -4.67. The zero-order chi connectivity index (χ0) is 23.9. The van der Waals surface area contributed by atoms with E-state index in [0.717, 1.165) is 16.8 Å². The number of carbonyl (C=O) groups excluding carboxylic acids is 1. The minimum absolute atomic E-state index is 0.113. The van der Waals surface area contributed by atoms with Gasteiger partial charge in [0.2, 0.25) is 5.91 Å². The van der Waals surface area contributed by atoms with E-state index in [2.05, 4.69) is 25.4 Å². The van der Waals surface area contributed by atoms with Crippen molar-refractivity contribution < 1.29 is 9.18 Å². The number of benzene rings is 1. The standard InChI is InChI=1S/C24H20FN9O/c1-15-3-2-8-33-22(15)30-21(16-4-6-18(25)7-5-16)23(33)31-24(35)17-10-32(11-17)19-9-20(28-13-27-19)34-14-26-12-29-34/h2-9,12-14,17H,10-11H2,1H3,(H,31,35). The fraction of sp³-hybridized carbons (Fsp3) is 0.167. The summed E-state index contributed by atoms with van der Waals surface area (Å²) in [5, 5.41) is 7.16. The molecule has 5 aromatic rings. The third-order valence-corrected chi connectivity index (χ3v) is 6.07. The maximum atomic E-state index is 13.5. The third-order valence-electron chi connectivity index (χ3n) is 6.07. The van der Waals surface area contributed by atoms with E-state index < -0.39 is 0 Å². The summed E-state index contributed by atoms with van der Waals surface area (Å²) in [6, 6.07) is 11.8. The molecule has 0 unspecified atom stereocenters. The molecule has 35 heavy (non-hydrogen) atoms. The van der Waals surface area contributed by atoms with Gasteiger partial charge in [-0.3, -0.25) is 9.20 Å². The van der Waals surface area contributed by atoms with Gasteiger partial charge in [0.25, 0.3) is 0 Å². The quantitative estimate of drug-likeness (QED) is 0.422. The van der Waals surface area contributed by atoms with Gasteiger partial charge in [0.15, 0.2) is 5.82 Å². The number of pyridine rings is 1. The van der Waals surface area contributed by atoms with Crippen molar-refractivity contribution >= 4 is 23.2 Å². The van der Waals surface area contributed by atoms with Crippen LogP contribution in [-0.2, 0) is 4.79 Å². The highest BCUT2D eigenvalue weighted by Crippen LogP contribution is 2.31. The molecular weight excluding hydrogens is 449 g/mol. The number of anilines is 2. The number of nitrogens with one attached hydrogen (secondary N) is 1. The van der Waals surface area contributed by atoms with Gasteiger partial charge in [-0.1, -0.05) is 6.07 Å². The maximum absolute atomic E-state index is 13.5. The summed E-state index contributed by atoms with van der Waals surface area (Å²) in [5.41, 5.74) is 3.02. The van der Waals surface area contributed by atoms with Crippen LogP contribution >= 0.6 is 0 Å². The molecule has 0 atom stereocenters. The number of amides is 1. The number of aryl methyl sites for hydroxylation is 1. The molecule has 0 bridgehead atoms. The van der Waals surface area contributed by atoms with Gasteiger partial charge in [0.1, 0.15) is 47.8 Å². The van der Waals surface area contributed by atoms with E-state index in [0.29, 0.717) is 36.2 Å². The normalized spacial score (nSPS) is 13.7. The van der Waals surface area contributed by atoms with Crippen LogP contribution in [0.4, 0.5) is 16.0 Å². The van der Waals surface area contributed by atoms with Crippen molar-refractivity contribution in [3.63, 3.8) is 0 Å². The molecule has 6 rings (SSSR count). The van der Waals surface area contributed by atoms with E-state index in [1.54, 1.807) is 23.1 Å². The number of fused-ring (bicyclic) bond motifs is 1. The van der Waals surface area contributed by atoms with Gasteiger partial charge in [0.05, 0.1) is 5.92 Å². The van der Waals surface area contributed by atoms with Crippen LogP contribution < -0.4 is 10.2 Å². The second kappa shape index (κ2) is 8.28. The first-order valence-electron chi connectivity index (χ1n) is 11.0. The second-order valence-electron chi connectivity index (χ2n) is 8.37. The lowest BCUT2D eigenvalue weighted by molar-refractivity contribution is -0.120. The minimum Gasteiger partial charge on any atom is -0.355 e. The topological polar surface area (TPSA) is 106 Å². The van der Waals surface area contributed by atoms with Gasteiger partial charge in [-0.2, -0.15) is 5.10 Å². The van der Waals surface area contributed by atoms with Gasteiger partial charge < -0.3 is 10.2 Å². The molecule has 0 saturated carbocycles. The Morgan fingerprint density at radius 3 is 2.66 bits per heavy atom. The SMILES string of the molecule is Cc1cccn2c(NC(=O)C3CN(c4cc(-n5cncn5)ncn4)C3)c(-c3ccc(F)cc3)nc12. The largest absolute Gasteiger partial charge is 0.355 e. The van der Waals surface area contributed by atoms with E-state index in [9.17, 15) is 9.18 Å². The molecule has 174 valence electrons. The maximum Gasteiger partial charge on any atom is 0.232 e. The molecule has 5 heterocycles. The van der Waals surface area contributed by atoms with Gasteiger partial charge in [-0.25, -0.2) is 29.0 Å². The summed E-state index contributed by atoms with van der Waals surface area (Å²) < 4.78 is 16.9. The molecule has 11 heteroatoms. The molecule has 1 aliphatic rings. The van der Waals surface area contributed by atoms with Crippen molar-refractivity contribution in [3.05, 3.63) is 79.0 Å². The van der Waals surface area contributed by atoms with E-state index in [-0.39, 0.29) is 17.6 Å². The van der Waals surface area contributed by atoms with Crippen molar-refractivity contribution in [2.45, 2.75) is 6.92 Å². The Balaban J connectivity index is 1.23. The van der Waals surface area contributed by atoms with Crippen LogP contribution in [0.1, 0.15) is 5.56 Å². The summed E-state index contributed by atoms with van der Waals surface area (Å²) in [6.07, 6.45) is 6.33. The predicted octanol–water partition coefficient (Wildman–Crippen LogP) is 2.89. The number of imidazole rings is 1. The van der Waals surface area contributed by atoms with Crippen LogP contribution in [-0.4, -0.2) is 53.1 Å². The van der Waals surface area contributed by atoms with E-state index in [1.165, 1.54) is 24.8 Å². The Labute approximate surface area is 199 Å². The molecule has 1 aromatic carbocycles. The molecule has 0 aliphatic carbocycles. The number of carbonyl (C=O) groups is 1. The first kappa shape index (κ1) is 20.9. The number of hydrogen-bond acceptors (Lipinski definition) is 7. The second-order valence-corrected chi connectivity index (χ2v) is 8.37. The molecular formula is C24H20FN9O.